The minimum atomic E-state index is -0.375. The number of nitrogens with zero attached hydrogens (tertiary/aromatic N) is 2. The standard InChI is InChI=1S/C14H21N3O3/c1-14(2,3)10-4-5-11(12(15)13(10)17(18)19)16-6-8-20-9-7-16/h4-5H,6-9,15H2,1-3H3. The van der Waals surface area contributed by atoms with Crippen LogP contribution in [0, 0.1) is 10.1 Å². The zero-order valence-corrected chi connectivity index (χ0v) is 12.2. The fourth-order valence-electron chi connectivity index (χ4n) is 2.48. The van der Waals surface area contributed by atoms with E-state index < -0.39 is 0 Å². The molecule has 110 valence electrons. The first kappa shape index (κ1) is 14.6. The van der Waals surface area contributed by atoms with Gasteiger partial charge in [0.05, 0.1) is 23.8 Å². The summed E-state index contributed by atoms with van der Waals surface area (Å²) in [5.74, 6) is 0. The maximum absolute atomic E-state index is 11.4. The van der Waals surface area contributed by atoms with Gasteiger partial charge in [0, 0.05) is 18.7 Å². The van der Waals surface area contributed by atoms with E-state index in [0.29, 0.717) is 31.9 Å². The van der Waals surface area contributed by atoms with Crippen molar-refractivity contribution in [1.82, 2.24) is 0 Å². The molecule has 0 aromatic heterocycles. The van der Waals surface area contributed by atoms with Crippen molar-refractivity contribution in [2.75, 3.05) is 36.9 Å². The molecule has 0 amide bonds. The first-order valence-electron chi connectivity index (χ1n) is 6.72. The fourth-order valence-corrected chi connectivity index (χ4v) is 2.48. The lowest BCUT2D eigenvalue weighted by atomic mass is 9.85. The maximum Gasteiger partial charge on any atom is 0.297 e. The summed E-state index contributed by atoms with van der Waals surface area (Å²) >= 11 is 0. The van der Waals surface area contributed by atoms with Crippen LogP contribution in [-0.4, -0.2) is 31.2 Å². The molecule has 1 aliphatic rings. The van der Waals surface area contributed by atoms with E-state index in [1.807, 2.05) is 37.8 Å². The first-order chi connectivity index (χ1) is 9.32. The van der Waals surface area contributed by atoms with Crippen LogP contribution in [-0.2, 0) is 10.2 Å². The molecule has 6 heteroatoms. The highest BCUT2D eigenvalue weighted by Gasteiger charge is 2.30. The predicted molar refractivity (Wildman–Crippen MR) is 79.2 cm³/mol. The van der Waals surface area contributed by atoms with E-state index in [9.17, 15) is 10.1 Å². The number of morpholine rings is 1. The van der Waals surface area contributed by atoms with Gasteiger partial charge in [-0.15, -0.1) is 0 Å². The van der Waals surface area contributed by atoms with Crippen molar-refractivity contribution in [2.24, 2.45) is 0 Å². The molecule has 0 spiro atoms. The molecule has 1 saturated heterocycles. The zero-order chi connectivity index (χ0) is 14.9. The molecule has 0 aliphatic carbocycles. The topological polar surface area (TPSA) is 81.6 Å². The Balaban J connectivity index is 2.52. The molecule has 2 N–H and O–H groups in total. The third-order valence-corrected chi connectivity index (χ3v) is 3.54. The quantitative estimate of drug-likeness (QED) is 0.510. The van der Waals surface area contributed by atoms with E-state index in [1.54, 1.807) is 0 Å². The van der Waals surface area contributed by atoms with Crippen molar-refractivity contribution in [3.8, 4) is 0 Å². The van der Waals surface area contributed by atoms with Gasteiger partial charge in [0.2, 0.25) is 0 Å². The minimum Gasteiger partial charge on any atom is -0.391 e. The third kappa shape index (κ3) is 2.70. The van der Waals surface area contributed by atoms with Crippen LogP contribution in [0.15, 0.2) is 12.1 Å². The number of nitrogens with two attached hydrogens (primary N) is 1. The van der Waals surface area contributed by atoms with Gasteiger partial charge in [-0.2, -0.15) is 0 Å². The molecule has 1 fully saturated rings. The van der Waals surface area contributed by atoms with E-state index in [2.05, 4.69) is 0 Å². The highest BCUT2D eigenvalue weighted by atomic mass is 16.6. The van der Waals surface area contributed by atoms with Crippen molar-refractivity contribution in [3.63, 3.8) is 0 Å². The number of nitro groups is 1. The lowest BCUT2D eigenvalue weighted by Gasteiger charge is -2.30. The second-order valence-corrected chi connectivity index (χ2v) is 6.00. The number of ether oxygens (including phenoxy) is 1. The molecule has 6 nitrogen and oxygen atoms in total. The summed E-state index contributed by atoms with van der Waals surface area (Å²) in [7, 11) is 0. The number of hydrogen-bond acceptors (Lipinski definition) is 5. The molecule has 0 radical (unpaired) electrons. The van der Waals surface area contributed by atoms with Crippen molar-refractivity contribution in [3.05, 3.63) is 27.8 Å². The Morgan fingerprint density at radius 3 is 2.40 bits per heavy atom. The van der Waals surface area contributed by atoms with Gasteiger partial charge in [-0.05, 0) is 17.5 Å². The van der Waals surface area contributed by atoms with Crippen LogP contribution in [0.5, 0.6) is 0 Å². The molecule has 0 bridgehead atoms. The number of anilines is 2. The van der Waals surface area contributed by atoms with Crippen LogP contribution < -0.4 is 10.6 Å². The number of rotatable bonds is 2. The van der Waals surface area contributed by atoms with E-state index in [4.69, 9.17) is 10.5 Å². The van der Waals surface area contributed by atoms with Gasteiger partial charge >= 0.3 is 0 Å². The average molecular weight is 279 g/mol. The number of nitrogen functional groups attached to an aromatic ring is 1. The van der Waals surface area contributed by atoms with Crippen molar-refractivity contribution in [1.29, 1.82) is 0 Å². The SMILES string of the molecule is CC(C)(C)c1ccc(N2CCOCC2)c(N)c1[N+](=O)[O-]. The maximum atomic E-state index is 11.4. The fraction of sp³-hybridized carbons (Fsp3) is 0.571. The Hall–Kier alpha value is -1.82. The van der Waals surface area contributed by atoms with E-state index in [1.165, 1.54) is 0 Å². The summed E-state index contributed by atoms with van der Waals surface area (Å²) in [6.07, 6.45) is 0. The van der Waals surface area contributed by atoms with Crippen LogP contribution >= 0.6 is 0 Å². The van der Waals surface area contributed by atoms with Gasteiger partial charge in [0.25, 0.3) is 5.69 Å². The van der Waals surface area contributed by atoms with Gasteiger partial charge in [-0.1, -0.05) is 20.8 Å². The molecule has 2 rings (SSSR count). The molecule has 1 aromatic carbocycles. The van der Waals surface area contributed by atoms with Gasteiger partial charge in [0.1, 0.15) is 5.69 Å². The van der Waals surface area contributed by atoms with Gasteiger partial charge in [-0.3, -0.25) is 10.1 Å². The zero-order valence-electron chi connectivity index (χ0n) is 12.2. The van der Waals surface area contributed by atoms with Crippen molar-refractivity contribution < 1.29 is 9.66 Å². The highest BCUT2D eigenvalue weighted by molar-refractivity contribution is 5.80. The highest BCUT2D eigenvalue weighted by Crippen LogP contribution is 2.40. The van der Waals surface area contributed by atoms with E-state index >= 15 is 0 Å². The Morgan fingerprint density at radius 2 is 1.90 bits per heavy atom. The minimum absolute atomic E-state index is 0.0292. The molecule has 0 unspecified atom stereocenters. The molecular weight excluding hydrogens is 258 g/mol. The van der Waals surface area contributed by atoms with E-state index in [0.717, 1.165) is 5.69 Å². The van der Waals surface area contributed by atoms with Crippen LogP contribution in [0.25, 0.3) is 0 Å². The largest absolute Gasteiger partial charge is 0.391 e. The molecule has 0 atom stereocenters. The number of benzene rings is 1. The van der Waals surface area contributed by atoms with Crippen LogP contribution in [0.3, 0.4) is 0 Å². The summed E-state index contributed by atoms with van der Waals surface area (Å²) in [6, 6.07) is 3.70. The summed E-state index contributed by atoms with van der Waals surface area (Å²) in [6.45, 7) is 8.49. The van der Waals surface area contributed by atoms with Gasteiger partial charge in [0.15, 0.2) is 0 Å². The Bertz CT molecular complexity index is 517. The summed E-state index contributed by atoms with van der Waals surface area (Å²) in [5, 5.41) is 11.4. The Kier molecular flexibility index (Phi) is 3.85. The van der Waals surface area contributed by atoms with Crippen molar-refractivity contribution >= 4 is 17.1 Å². The molecule has 1 heterocycles. The molecule has 0 saturated carbocycles. The van der Waals surface area contributed by atoms with Crippen LogP contribution in [0.1, 0.15) is 26.3 Å². The first-order valence-corrected chi connectivity index (χ1v) is 6.72. The Labute approximate surface area is 118 Å². The van der Waals surface area contributed by atoms with Crippen molar-refractivity contribution in [2.45, 2.75) is 26.2 Å². The summed E-state index contributed by atoms with van der Waals surface area (Å²) in [5.41, 5.74) is 7.45. The van der Waals surface area contributed by atoms with Gasteiger partial charge in [-0.25, -0.2) is 0 Å². The normalized spacial score (nSPS) is 16.2. The lowest BCUT2D eigenvalue weighted by molar-refractivity contribution is -0.385. The smallest absolute Gasteiger partial charge is 0.297 e. The molecular formula is C14H21N3O3. The third-order valence-electron chi connectivity index (χ3n) is 3.54. The number of hydrogen-bond donors (Lipinski definition) is 1. The van der Waals surface area contributed by atoms with Crippen LogP contribution in [0.2, 0.25) is 0 Å². The summed E-state index contributed by atoms with van der Waals surface area (Å²) in [4.78, 5) is 13.1. The average Bonchev–Trinajstić information content (AvgIpc) is 2.37. The van der Waals surface area contributed by atoms with Gasteiger partial charge < -0.3 is 15.4 Å². The monoisotopic (exact) mass is 279 g/mol. The predicted octanol–water partition coefficient (Wildman–Crippen LogP) is 2.31. The Morgan fingerprint density at radius 1 is 1.30 bits per heavy atom. The second kappa shape index (κ2) is 5.28. The summed E-state index contributed by atoms with van der Waals surface area (Å²) < 4.78 is 5.30. The molecule has 1 aliphatic heterocycles. The van der Waals surface area contributed by atoms with E-state index in [-0.39, 0.29) is 21.7 Å². The number of nitro benzene ring substituents is 1. The molecule has 1 aromatic rings. The van der Waals surface area contributed by atoms with Crippen LogP contribution in [0.4, 0.5) is 17.1 Å². The second-order valence-electron chi connectivity index (χ2n) is 6.00. The molecule has 20 heavy (non-hydrogen) atoms. The lowest BCUT2D eigenvalue weighted by Crippen LogP contribution is -2.36.